The van der Waals surface area contributed by atoms with Crippen molar-refractivity contribution >= 4 is 17.6 Å². The summed E-state index contributed by atoms with van der Waals surface area (Å²) in [6, 6.07) is 23.2. The van der Waals surface area contributed by atoms with Crippen molar-refractivity contribution in [1.29, 1.82) is 0 Å². The summed E-state index contributed by atoms with van der Waals surface area (Å²) in [6.07, 6.45) is 0.980. The third-order valence-corrected chi connectivity index (χ3v) is 4.17. The lowest BCUT2D eigenvalue weighted by Crippen LogP contribution is -2.13. The van der Waals surface area contributed by atoms with Gasteiger partial charge in [-0.1, -0.05) is 50.2 Å². The second-order valence-corrected chi connectivity index (χ2v) is 7.03. The minimum Gasteiger partial charge on any atom is -0.423 e. The molecule has 142 valence electrons. The van der Waals surface area contributed by atoms with Crippen molar-refractivity contribution in [2.45, 2.75) is 20.3 Å². The first-order valence-electron chi connectivity index (χ1n) is 9.29. The average Bonchev–Trinajstić information content (AvgIpc) is 2.69. The van der Waals surface area contributed by atoms with Crippen LogP contribution in [0.5, 0.6) is 5.75 Å². The minimum atomic E-state index is -0.472. The molecule has 0 saturated carbocycles. The fourth-order valence-electron chi connectivity index (χ4n) is 2.85. The Morgan fingerprint density at radius 1 is 0.857 bits per heavy atom. The van der Waals surface area contributed by atoms with E-state index in [9.17, 15) is 9.59 Å². The number of esters is 1. The van der Waals surface area contributed by atoms with E-state index < -0.39 is 5.97 Å². The first-order chi connectivity index (χ1) is 13.5. The number of hydrogen-bond acceptors (Lipinski definition) is 3. The number of ether oxygens (including phenoxy) is 1. The third kappa shape index (κ3) is 5.30. The molecule has 3 rings (SSSR count). The van der Waals surface area contributed by atoms with Gasteiger partial charge < -0.3 is 10.1 Å². The van der Waals surface area contributed by atoms with Crippen molar-refractivity contribution in [3.63, 3.8) is 0 Å². The molecule has 0 saturated heterocycles. The van der Waals surface area contributed by atoms with Gasteiger partial charge in [0.1, 0.15) is 5.75 Å². The molecule has 0 radical (unpaired) electrons. The van der Waals surface area contributed by atoms with Crippen LogP contribution in [0.1, 0.15) is 40.1 Å². The van der Waals surface area contributed by atoms with Crippen molar-refractivity contribution in [2.24, 2.45) is 5.92 Å². The number of anilines is 1. The predicted molar refractivity (Wildman–Crippen MR) is 111 cm³/mol. The highest BCUT2D eigenvalue weighted by Gasteiger charge is 2.11. The van der Waals surface area contributed by atoms with E-state index in [1.165, 1.54) is 5.56 Å². The fourth-order valence-corrected chi connectivity index (χ4v) is 2.85. The van der Waals surface area contributed by atoms with E-state index in [0.29, 0.717) is 28.5 Å². The van der Waals surface area contributed by atoms with Crippen LogP contribution in [0.25, 0.3) is 0 Å². The smallest absolute Gasteiger partial charge is 0.343 e. The maximum absolute atomic E-state index is 12.5. The van der Waals surface area contributed by atoms with Gasteiger partial charge in [0.25, 0.3) is 5.91 Å². The van der Waals surface area contributed by atoms with Crippen molar-refractivity contribution in [2.75, 3.05) is 5.32 Å². The number of nitrogens with one attached hydrogen (secondary N) is 1. The van der Waals surface area contributed by atoms with Crippen LogP contribution in [0.15, 0.2) is 78.9 Å². The van der Waals surface area contributed by atoms with Crippen LogP contribution in [0.4, 0.5) is 5.69 Å². The van der Waals surface area contributed by atoms with Gasteiger partial charge in [-0.25, -0.2) is 4.79 Å². The predicted octanol–water partition coefficient (Wildman–Crippen LogP) is 5.36. The summed E-state index contributed by atoms with van der Waals surface area (Å²) in [5, 5.41) is 2.83. The van der Waals surface area contributed by atoms with Crippen LogP contribution in [0, 0.1) is 5.92 Å². The first-order valence-corrected chi connectivity index (χ1v) is 9.29. The molecule has 1 N–H and O–H groups in total. The van der Waals surface area contributed by atoms with Crippen molar-refractivity contribution in [3.8, 4) is 5.75 Å². The quantitative estimate of drug-likeness (QED) is 0.468. The Morgan fingerprint density at radius 3 is 2.25 bits per heavy atom. The zero-order valence-corrected chi connectivity index (χ0v) is 16.0. The monoisotopic (exact) mass is 373 g/mol. The molecule has 0 bridgehead atoms. The van der Waals surface area contributed by atoms with Gasteiger partial charge in [0.2, 0.25) is 0 Å². The summed E-state index contributed by atoms with van der Waals surface area (Å²) >= 11 is 0. The van der Waals surface area contributed by atoms with E-state index >= 15 is 0 Å². The molecular weight excluding hydrogens is 350 g/mol. The zero-order valence-electron chi connectivity index (χ0n) is 16.0. The van der Waals surface area contributed by atoms with Gasteiger partial charge in [-0.15, -0.1) is 0 Å². The highest BCUT2D eigenvalue weighted by molar-refractivity contribution is 6.05. The molecule has 4 nitrogen and oxygen atoms in total. The van der Waals surface area contributed by atoms with Crippen LogP contribution in [0.2, 0.25) is 0 Å². The summed E-state index contributed by atoms with van der Waals surface area (Å²) in [4.78, 5) is 24.8. The molecule has 0 fully saturated rings. The molecule has 3 aromatic rings. The Morgan fingerprint density at radius 2 is 1.57 bits per heavy atom. The number of benzene rings is 3. The first kappa shape index (κ1) is 19.4. The summed E-state index contributed by atoms with van der Waals surface area (Å²) in [7, 11) is 0. The minimum absolute atomic E-state index is 0.218. The molecule has 0 aliphatic carbocycles. The lowest BCUT2D eigenvalue weighted by atomic mass is 10.0. The lowest BCUT2D eigenvalue weighted by Gasteiger charge is -2.09. The maximum Gasteiger partial charge on any atom is 0.343 e. The van der Waals surface area contributed by atoms with Crippen molar-refractivity contribution in [3.05, 3.63) is 95.6 Å². The maximum atomic E-state index is 12.5. The summed E-state index contributed by atoms with van der Waals surface area (Å²) in [5.41, 5.74) is 2.69. The molecule has 1 amide bonds. The van der Waals surface area contributed by atoms with Gasteiger partial charge in [-0.05, 0) is 60.4 Å². The SMILES string of the molecule is CC(C)Cc1ccc(C(=O)Nc2cccc(C(=O)Oc3ccccc3)c2)cc1. The van der Waals surface area contributed by atoms with Crippen LogP contribution in [-0.2, 0) is 6.42 Å². The van der Waals surface area contributed by atoms with Crippen LogP contribution >= 0.6 is 0 Å². The Bertz CT molecular complexity index is 947. The number of amides is 1. The standard InChI is InChI=1S/C24H23NO3/c1-17(2)15-18-11-13-19(14-12-18)23(26)25-21-8-6-7-20(16-21)24(27)28-22-9-4-3-5-10-22/h3-14,16-17H,15H2,1-2H3,(H,25,26). The van der Waals surface area contributed by atoms with Crippen LogP contribution in [0.3, 0.4) is 0 Å². The second kappa shape index (κ2) is 9.00. The molecule has 0 aliphatic heterocycles. The van der Waals surface area contributed by atoms with Crippen LogP contribution in [-0.4, -0.2) is 11.9 Å². The van der Waals surface area contributed by atoms with Gasteiger partial charge >= 0.3 is 5.97 Å². The molecule has 3 aromatic carbocycles. The lowest BCUT2D eigenvalue weighted by molar-refractivity contribution is 0.0734. The van der Waals surface area contributed by atoms with Gasteiger partial charge in [-0.3, -0.25) is 4.79 Å². The molecule has 0 heterocycles. The molecule has 0 atom stereocenters. The van der Waals surface area contributed by atoms with Crippen molar-refractivity contribution in [1.82, 2.24) is 0 Å². The van der Waals surface area contributed by atoms with E-state index in [0.717, 1.165) is 6.42 Å². The molecule has 0 aromatic heterocycles. The van der Waals surface area contributed by atoms with E-state index in [1.54, 1.807) is 48.5 Å². The number of rotatable bonds is 6. The molecule has 0 spiro atoms. The highest BCUT2D eigenvalue weighted by Crippen LogP contribution is 2.17. The highest BCUT2D eigenvalue weighted by atomic mass is 16.5. The number of carbonyl (C=O) groups is 2. The topological polar surface area (TPSA) is 55.4 Å². The molecule has 4 heteroatoms. The average molecular weight is 373 g/mol. The molecular formula is C24H23NO3. The molecule has 0 aliphatic rings. The van der Waals surface area contributed by atoms with Gasteiger partial charge in [0.15, 0.2) is 0 Å². The number of para-hydroxylation sites is 1. The number of hydrogen-bond donors (Lipinski definition) is 1. The zero-order chi connectivity index (χ0) is 19.9. The Labute approximate surface area is 165 Å². The van der Waals surface area contributed by atoms with E-state index in [-0.39, 0.29) is 5.91 Å². The van der Waals surface area contributed by atoms with E-state index in [4.69, 9.17) is 4.74 Å². The molecule has 0 unspecified atom stereocenters. The summed E-state index contributed by atoms with van der Waals surface area (Å²) < 4.78 is 5.34. The Hall–Kier alpha value is -3.40. The van der Waals surface area contributed by atoms with Crippen molar-refractivity contribution < 1.29 is 14.3 Å². The van der Waals surface area contributed by atoms with E-state index in [2.05, 4.69) is 19.2 Å². The van der Waals surface area contributed by atoms with Gasteiger partial charge in [0.05, 0.1) is 5.56 Å². The van der Waals surface area contributed by atoms with Gasteiger partial charge in [0, 0.05) is 11.3 Å². The third-order valence-electron chi connectivity index (χ3n) is 4.17. The summed E-state index contributed by atoms with van der Waals surface area (Å²) in [5.74, 6) is 0.353. The van der Waals surface area contributed by atoms with Crippen LogP contribution < -0.4 is 10.1 Å². The Balaban J connectivity index is 1.66. The van der Waals surface area contributed by atoms with Gasteiger partial charge in [-0.2, -0.15) is 0 Å². The summed E-state index contributed by atoms with van der Waals surface area (Å²) in [6.45, 7) is 4.33. The number of carbonyl (C=O) groups excluding carboxylic acids is 2. The van der Waals surface area contributed by atoms with E-state index in [1.807, 2.05) is 30.3 Å². The normalized spacial score (nSPS) is 10.5. The molecule has 28 heavy (non-hydrogen) atoms. The fraction of sp³-hybridized carbons (Fsp3) is 0.167. The largest absolute Gasteiger partial charge is 0.423 e. The second-order valence-electron chi connectivity index (χ2n) is 7.03. The Kier molecular flexibility index (Phi) is 6.22.